The number of morpholine rings is 1. The van der Waals surface area contributed by atoms with E-state index >= 15 is 0 Å². The first-order valence-corrected chi connectivity index (χ1v) is 8.04. The Bertz CT molecular complexity index is 651. The van der Waals surface area contributed by atoms with Crippen LogP contribution in [-0.2, 0) is 9.47 Å². The van der Waals surface area contributed by atoms with E-state index in [0.29, 0.717) is 0 Å². The molecule has 0 unspecified atom stereocenters. The lowest BCUT2D eigenvalue weighted by Crippen LogP contribution is -2.37. The number of hydrogen-bond acceptors (Lipinski definition) is 3. The molecule has 1 saturated heterocycles. The van der Waals surface area contributed by atoms with Crippen molar-refractivity contribution in [2.45, 2.75) is 6.92 Å². The first-order chi connectivity index (χ1) is 11.2. The molecule has 2 heterocycles. The van der Waals surface area contributed by atoms with Gasteiger partial charge in [0.2, 0.25) is 0 Å². The molecule has 0 spiro atoms. The van der Waals surface area contributed by atoms with E-state index < -0.39 is 0 Å². The Kier molecular flexibility index (Phi) is 4.68. The van der Waals surface area contributed by atoms with E-state index in [1.54, 1.807) is 0 Å². The average Bonchev–Trinajstić information content (AvgIpc) is 2.62. The minimum atomic E-state index is 0.245. The summed E-state index contributed by atoms with van der Waals surface area (Å²) in [7, 11) is 0. The van der Waals surface area contributed by atoms with Crippen LogP contribution in [0.5, 0.6) is 0 Å². The molecule has 0 aliphatic carbocycles. The molecule has 3 nitrogen and oxygen atoms in total. The third-order valence-electron chi connectivity index (χ3n) is 4.29. The third-order valence-corrected chi connectivity index (χ3v) is 4.29. The molecule has 1 aromatic carbocycles. The minimum Gasteiger partial charge on any atom is -0.441 e. The molecule has 120 valence electrons. The van der Waals surface area contributed by atoms with Crippen LogP contribution in [0.2, 0.25) is 0 Å². The predicted molar refractivity (Wildman–Crippen MR) is 93.4 cm³/mol. The van der Waals surface area contributed by atoms with Gasteiger partial charge in [-0.25, -0.2) is 0 Å². The monoisotopic (exact) mass is 309 g/mol. The van der Waals surface area contributed by atoms with Gasteiger partial charge in [-0.1, -0.05) is 56.5 Å². The van der Waals surface area contributed by atoms with Gasteiger partial charge >= 0.3 is 0 Å². The molecule has 0 saturated carbocycles. The normalized spacial score (nSPS) is 21.5. The second kappa shape index (κ2) is 6.88. The summed E-state index contributed by atoms with van der Waals surface area (Å²) in [4.78, 5) is 2.23. The van der Waals surface area contributed by atoms with E-state index in [1.165, 1.54) is 0 Å². The van der Waals surface area contributed by atoms with Crippen LogP contribution in [0.3, 0.4) is 0 Å². The lowest BCUT2D eigenvalue weighted by molar-refractivity contribution is 0.0247. The number of hydrogen-bond donors (Lipinski definition) is 0. The molecule has 0 amide bonds. The summed E-state index contributed by atoms with van der Waals surface area (Å²) in [6.45, 7) is 13.6. The van der Waals surface area contributed by atoms with Crippen LogP contribution in [-0.4, -0.2) is 31.2 Å². The molecule has 3 rings (SSSR count). The summed E-state index contributed by atoms with van der Waals surface area (Å²) in [5.41, 5.74) is 3.04. The van der Waals surface area contributed by atoms with Crippen molar-refractivity contribution in [2.75, 3.05) is 26.3 Å². The van der Waals surface area contributed by atoms with Crippen LogP contribution in [0.4, 0.5) is 0 Å². The van der Waals surface area contributed by atoms with Crippen LogP contribution in [0.15, 0.2) is 72.9 Å². The van der Waals surface area contributed by atoms with E-state index in [-0.39, 0.29) is 5.92 Å². The fourth-order valence-corrected chi connectivity index (χ4v) is 2.95. The first kappa shape index (κ1) is 15.6. The van der Waals surface area contributed by atoms with Crippen molar-refractivity contribution in [3.63, 3.8) is 0 Å². The fraction of sp³-hybridized carbons (Fsp3) is 0.300. The summed E-state index contributed by atoms with van der Waals surface area (Å²) < 4.78 is 11.7. The highest BCUT2D eigenvalue weighted by Crippen LogP contribution is 2.36. The highest BCUT2D eigenvalue weighted by Gasteiger charge is 2.26. The molecule has 0 aromatic heterocycles. The molecule has 0 bridgehead atoms. The second-order valence-electron chi connectivity index (χ2n) is 5.83. The van der Waals surface area contributed by atoms with Crippen molar-refractivity contribution < 1.29 is 9.47 Å². The molecule has 3 heteroatoms. The summed E-state index contributed by atoms with van der Waals surface area (Å²) >= 11 is 0. The van der Waals surface area contributed by atoms with Gasteiger partial charge in [-0.05, 0) is 11.6 Å². The molecular weight excluding hydrogens is 286 g/mol. The Balaban J connectivity index is 1.90. The summed E-state index contributed by atoms with van der Waals surface area (Å²) in [6.07, 6.45) is 4.03. The van der Waals surface area contributed by atoms with Crippen LogP contribution < -0.4 is 0 Å². The van der Waals surface area contributed by atoms with Gasteiger partial charge < -0.3 is 14.4 Å². The Morgan fingerprint density at radius 1 is 1.22 bits per heavy atom. The van der Waals surface area contributed by atoms with Gasteiger partial charge in [0.15, 0.2) is 5.88 Å². The van der Waals surface area contributed by atoms with Gasteiger partial charge in [0, 0.05) is 30.2 Å². The van der Waals surface area contributed by atoms with Crippen molar-refractivity contribution in [3.05, 3.63) is 78.4 Å². The van der Waals surface area contributed by atoms with E-state index in [2.05, 4.69) is 43.2 Å². The summed E-state index contributed by atoms with van der Waals surface area (Å²) in [5.74, 6) is 1.97. The standard InChI is InChI=1S/C20H23NO2/c1-4-18-15(2)14-19(21-10-12-22-13-11-21)23-20(18)16(3)17-8-6-5-7-9-17/h4-9,14-15H,1,3,10-13H2,2H3/t15-/m0/s1. The SMILES string of the molecule is C=CC1=C(C(=C)c2ccccc2)OC(N2CCOCC2)=C[C@@H]1C. The molecule has 2 aliphatic heterocycles. The minimum absolute atomic E-state index is 0.245. The highest BCUT2D eigenvalue weighted by molar-refractivity contribution is 5.77. The number of nitrogens with zero attached hydrogens (tertiary/aromatic N) is 1. The van der Waals surface area contributed by atoms with Crippen molar-refractivity contribution in [1.82, 2.24) is 4.90 Å². The van der Waals surface area contributed by atoms with E-state index in [4.69, 9.17) is 9.47 Å². The van der Waals surface area contributed by atoms with Crippen LogP contribution in [0.25, 0.3) is 5.57 Å². The molecular formula is C20H23NO2. The van der Waals surface area contributed by atoms with Gasteiger partial charge in [-0.3, -0.25) is 0 Å². The Hall–Kier alpha value is -2.26. The van der Waals surface area contributed by atoms with Gasteiger partial charge in [0.05, 0.1) is 13.2 Å². The van der Waals surface area contributed by atoms with Gasteiger partial charge in [-0.15, -0.1) is 0 Å². The maximum atomic E-state index is 6.26. The zero-order valence-corrected chi connectivity index (χ0v) is 13.6. The van der Waals surface area contributed by atoms with Crippen LogP contribution in [0.1, 0.15) is 12.5 Å². The Morgan fingerprint density at radius 3 is 2.57 bits per heavy atom. The first-order valence-electron chi connectivity index (χ1n) is 8.04. The maximum absolute atomic E-state index is 6.26. The Morgan fingerprint density at radius 2 is 1.91 bits per heavy atom. The topological polar surface area (TPSA) is 21.7 Å². The van der Waals surface area contributed by atoms with Crippen molar-refractivity contribution in [1.29, 1.82) is 0 Å². The van der Waals surface area contributed by atoms with Gasteiger partial charge in [0.1, 0.15) is 5.76 Å². The molecule has 1 fully saturated rings. The quantitative estimate of drug-likeness (QED) is 0.840. The fourth-order valence-electron chi connectivity index (χ4n) is 2.95. The second-order valence-corrected chi connectivity index (χ2v) is 5.83. The number of rotatable bonds is 4. The lowest BCUT2D eigenvalue weighted by Gasteiger charge is -2.34. The molecule has 23 heavy (non-hydrogen) atoms. The molecule has 1 atom stereocenters. The van der Waals surface area contributed by atoms with E-state index in [9.17, 15) is 0 Å². The smallest absolute Gasteiger partial charge is 0.192 e. The van der Waals surface area contributed by atoms with E-state index in [1.807, 2.05) is 24.3 Å². The predicted octanol–water partition coefficient (Wildman–Crippen LogP) is 3.98. The van der Waals surface area contributed by atoms with Crippen molar-refractivity contribution >= 4 is 5.57 Å². The zero-order chi connectivity index (χ0) is 16.2. The largest absolute Gasteiger partial charge is 0.441 e. The lowest BCUT2D eigenvalue weighted by atomic mass is 9.93. The van der Waals surface area contributed by atoms with Crippen molar-refractivity contribution in [3.8, 4) is 0 Å². The number of allylic oxidation sites excluding steroid dienone is 4. The van der Waals surface area contributed by atoms with Gasteiger partial charge in [-0.2, -0.15) is 0 Å². The van der Waals surface area contributed by atoms with Crippen LogP contribution >= 0.6 is 0 Å². The summed E-state index contributed by atoms with van der Waals surface area (Å²) in [5, 5.41) is 0. The summed E-state index contributed by atoms with van der Waals surface area (Å²) in [6, 6.07) is 10.1. The molecule has 2 aliphatic rings. The molecule has 0 N–H and O–H groups in total. The number of benzene rings is 1. The van der Waals surface area contributed by atoms with Crippen molar-refractivity contribution in [2.24, 2.45) is 5.92 Å². The third kappa shape index (κ3) is 3.25. The molecule has 1 aromatic rings. The average molecular weight is 309 g/mol. The van der Waals surface area contributed by atoms with Gasteiger partial charge in [0.25, 0.3) is 0 Å². The zero-order valence-electron chi connectivity index (χ0n) is 13.6. The highest BCUT2D eigenvalue weighted by atomic mass is 16.5. The maximum Gasteiger partial charge on any atom is 0.192 e. The number of ether oxygens (including phenoxy) is 2. The Labute approximate surface area is 138 Å². The van der Waals surface area contributed by atoms with Crippen LogP contribution in [0, 0.1) is 5.92 Å². The van der Waals surface area contributed by atoms with E-state index in [0.717, 1.165) is 54.7 Å². The molecule has 0 radical (unpaired) electrons.